The molecule has 0 radical (unpaired) electrons. The molecule has 2 bridgehead atoms. The fraction of sp³-hybridized carbons (Fsp3) is 0.444. The van der Waals surface area contributed by atoms with E-state index in [1.54, 1.807) is 54.7 Å². The topological polar surface area (TPSA) is 119 Å². The van der Waals surface area contributed by atoms with Gasteiger partial charge < -0.3 is 30.5 Å². The third-order valence-corrected chi connectivity index (χ3v) is 5.48. The summed E-state index contributed by atoms with van der Waals surface area (Å²) in [6, 6.07) is -0.198. The van der Waals surface area contributed by atoms with Gasteiger partial charge in [-0.1, -0.05) is 78.5 Å². The molecule has 0 spiro atoms. The minimum atomic E-state index is -0.969. The van der Waals surface area contributed by atoms with Crippen LogP contribution in [0.4, 0.5) is 0 Å². The standard InChI is InChI=1S/C27H37NO6/c1-19-11-8-9-13-21(29)17-20(2)28-26(33)16-7-5-3-4-6-14-22(30)27-24(32)18-23(31)25(34-27)15-10-12-19/h3-13,15-16,20-25,27,29-32H,14,17-18H2,1-2H3,(H,28,33)/b5-3-,6-4-,11-8-,13-9+,15-10-,16-7-,19-12-/t20-,21-,22+,23+,24-,25-,27+/m0/s1. The van der Waals surface area contributed by atoms with E-state index in [-0.39, 0.29) is 24.8 Å². The molecule has 2 aliphatic heterocycles. The number of nitrogens with one attached hydrogen (secondary N) is 1. The predicted octanol–water partition coefficient (Wildman–Crippen LogP) is 2.17. The Balaban J connectivity index is 2.16. The van der Waals surface area contributed by atoms with E-state index >= 15 is 0 Å². The summed E-state index contributed by atoms with van der Waals surface area (Å²) in [4.78, 5) is 12.0. The van der Waals surface area contributed by atoms with Crippen molar-refractivity contribution in [2.75, 3.05) is 0 Å². The number of ether oxygens (including phenoxy) is 1. The summed E-state index contributed by atoms with van der Waals surface area (Å²) in [6.45, 7) is 3.74. The third-order valence-electron chi connectivity index (χ3n) is 5.48. The highest BCUT2D eigenvalue weighted by Gasteiger charge is 2.38. The Bertz CT molecular complexity index is 853. The van der Waals surface area contributed by atoms with Gasteiger partial charge in [0.2, 0.25) is 5.91 Å². The average Bonchev–Trinajstić information content (AvgIpc) is 2.76. The number of rotatable bonds is 0. The molecular weight excluding hydrogens is 434 g/mol. The lowest BCUT2D eigenvalue weighted by Gasteiger charge is -2.38. The average molecular weight is 472 g/mol. The zero-order valence-corrected chi connectivity index (χ0v) is 19.8. The van der Waals surface area contributed by atoms with Crippen molar-refractivity contribution < 1.29 is 30.0 Å². The molecule has 7 nitrogen and oxygen atoms in total. The largest absolute Gasteiger partial charge is 0.390 e. The van der Waals surface area contributed by atoms with E-state index in [1.165, 1.54) is 6.08 Å². The molecule has 1 fully saturated rings. The highest BCUT2D eigenvalue weighted by molar-refractivity contribution is 5.87. The van der Waals surface area contributed by atoms with Crippen LogP contribution < -0.4 is 5.32 Å². The maximum atomic E-state index is 12.0. The van der Waals surface area contributed by atoms with Crippen molar-refractivity contribution in [3.8, 4) is 0 Å². The van der Waals surface area contributed by atoms with Gasteiger partial charge >= 0.3 is 0 Å². The summed E-state index contributed by atoms with van der Waals surface area (Å²) in [5, 5.41) is 44.0. The molecule has 34 heavy (non-hydrogen) atoms. The van der Waals surface area contributed by atoms with Gasteiger partial charge in [-0.3, -0.25) is 4.79 Å². The number of carbonyl (C=O) groups excluding carboxylic acids is 1. The van der Waals surface area contributed by atoms with Crippen LogP contribution in [-0.2, 0) is 9.53 Å². The first-order valence-electron chi connectivity index (χ1n) is 11.6. The second-order valence-electron chi connectivity index (χ2n) is 8.66. The fourth-order valence-electron chi connectivity index (χ4n) is 3.66. The molecule has 5 N–H and O–H groups in total. The summed E-state index contributed by atoms with van der Waals surface area (Å²) in [6.07, 6.45) is 18.2. The fourth-order valence-corrected chi connectivity index (χ4v) is 3.66. The molecule has 1 amide bonds. The molecule has 186 valence electrons. The molecule has 2 rings (SSSR count). The maximum absolute atomic E-state index is 12.0. The smallest absolute Gasteiger partial charge is 0.244 e. The van der Waals surface area contributed by atoms with Gasteiger partial charge in [0.1, 0.15) is 12.2 Å². The van der Waals surface area contributed by atoms with Crippen molar-refractivity contribution in [3.05, 3.63) is 84.6 Å². The van der Waals surface area contributed by atoms with E-state index in [9.17, 15) is 25.2 Å². The second-order valence-corrected chi connectivity index (χ2v) is 8.66. The molecule has 0 aromatic heterocycles. The van der Waals surface area contributed by atoms with Crippen molar-refractivity contribution in [3.63, 3.8) is 0 Å². The van der Waals surface area contributed by atoms with Crippen LogP contribution in [0, 0.1) is 0 Å². The van der Waals surface area contributed by atoms with Gasteiger partial charge in [-0.15, -0.1) is 0 Å². The third kappa shape index (κ3) is 10.2. The van der Waals surface area contributed by atoms with Gasteiger partial charge in [0, 0.05) is 18.5 Å². The number of aliphatic hydroxyl groups excluding tert-OH is 4. The number of amides is 1. The highest BCUT2D eigenvalue weighted by Crippen LogP contribution is 2.25. The van der Waals surface area contributed by atoms with Crippen molar-refractivity contribution in [2.24, 2.45) is 0 Å². The number of carbonyl (C=O) groups is 1. The zero-order chi connectivity index (χ0) is 24.9. The van der Waals surface area contributed by atoms with E-state index in [1.807, 2.05) is 32.1 Å². The Morgan fingerprint density at radius 3 is 2.38 bits per heavy atom. The molecule has 2 aliphatic rings. The van der Waals surface area contributed by atoms with Gasteiger partial charge in [0.25, 0.3) is 0 Å². The number of hydrogen-bond donors (Lipinski definition) is 5. The lowest BCUT2D eigenvalue weighted by Crippen LogP contribution is -2.51. The predicted molar refractivity (Wildman–Crippen MR) is 133 cm³/mol. The molecule has 0 aromatic carbocycles. The first-order chi connectivity index (χ1) is 16.3. The van der Waals surface area contributed by atoms with Crippen LogP contribution in [0.1, 0.15) is 33.1 Å². The molecule has 2 heterocycles. The van der Waals surface area contributed by atoms with Crippen molar-refractivity contribution in [1.82, 2.24) is 5.32 Å². The summed E-state index contributed by atoms with van der Waals surface area (Å²) in [5.74, 6) is -0.254. The van der Waals surface area contributed by atoms with Crippen LogP contribution in [0.15, 0.2) is 84.6 Å². The van der Waals surface area contributed by atoms with E-state index < -0.39 is 36.6 Å². The first-order valence-corrected chi connectivity index (χ1v) is 11.6. The van der Waals surface area contributed by atoms with E-state index in [2.05, 4.69) is 5.32 Å². The molecule has 0 unspecified atom stereocenters. The van der Waals surface area contributed by atoms with Crippen LogP contribution in [0.25, 0.3) is 0 Å². The van der Waals surface area contributed by atoms with Gasteiger partial charge in [0.15, 0.2) is 0 Å². The molecule has 7 heteroatoms. The van der Waals surface area contributed by atoms with Gasteiger partial charge in [-0.2, -0.15) is 0 Å². The quantitative estimate of drug-likeness (QED) is 0.369. The van der Waals surface area contributed by atoms with E-state index in [0.717, 1.165) is 5.57 Å². The monoisotopic (exact) mass is 471 g/mol. The Morgan fingerprint density at radius 2 is 1.59 bits per heavy atom. The molecule has 1 saturated heterocycles. The van der Waals surface area contributed by atoms with Crippen LogP contribution in [0.3, 0.4) is 0 Å². The van der Waals surface area contributed by atoms with E-state index in [4.69, 9.17) is 4.74 Å². The Morgan fingerprint density at radius 1 is 0.853 bits per heavy atom. The molecule has 0 saturated carbocycles. The zero-order valence-electron chi connectivity index (χ0n) is 19.8. The molecule has 0 aromatic rings. The van der Waals surface area contributed by atoms with Gasteiger partial charge in [0.05, 0.1) is 24.4 Å². The van der Waals surface area contributed by atoms with E-state index in [0.29, 0.717) is 6.42 Å². The Hall–Kier alpha value is -2.55. The Labute approximate surface area is 201 Å². The van der Waals surface area contributed by atoms with Crippen molar-refractivity contribution in [1.29, 1.82) is 0 Å². The minimum absolute atomic E-state index is 0.113. The SMILES string of the molecule is CC1=C/C=C\[C@@H]2O[C@H]([C@H](O)C\C=C/C=C\C=C/C(=O)N[C@@H](C)C[C@@H](O)/C=C/C=C\1)[C@@H](O)C[C@H]2O. The summed E-state index contributed by atoms with van der Waals surface area (Å²) >= 11 is 0. The van der Waals surface area contributed by atoms with Crippen molar-refractivity contribution >= 4 is 5.91 Å². The molecule has 7 atom stereocenters. The number of hydrogen-bond acceptors (Lipinski definition) is 6. The normalized spacial score (nSPS) is 41.5. The first kappa shape index (κ1) is 27.7. The lowest BCUT2D eigenvalue weighted by molar-refractivity contribution is -0.183. The minimum Gasteiger partial charge on any atom is -0.390 e. The van der Waals surface area contributed by atoms with Crippen LogP contribution in [-0.4, -0.2) is 69.0 Å². The van der Waals surface area contributed by atoms with Gasteiger partial charge in [-0.05, 0) is 26.7 Å². The molecular formula is C27H37NO6. The van der Waals surface area contributed by atoms with Gasteiger partial charge in [-0.25, -0.2) is 0 Å². The summed E-state index contributed by atoms with van der Waals surface area (Å²) < 4.78 is 5.80. The van der Waals surface area contributed by atoms with Crippen LogP contribution >= 0.6 is 0 Å². The maximum Gasteiger partial charge on any atom is 0.244 e. The van der Waals surface area contributed by atoms with Crippen LogP contribution in [0.5, 0.6) is 0 Å². The number of allylic oxidation sites excluding steroid dienone is 10. The van der Waals surface area contributed by atoms with Crippen LogP contribution in [0.2, 0.25) is 0 Å². The molecule has 0 aliphatic carbocycles. The lowest BCUT2D eigenvalue weighted by atomic mass is 9.93. The summed E-state index contributed by atoms with van der Waals surface area (Å²) in [7, 11) is 0. The second kappa shape index (κ2) is 14.7. The van der Waals surface area contributed by atoms with Crippen molar-refractivity contribution in [2.45, 2.75) is 75.8 Å². The Kier molecular flexibility index (Phi) is 11.9. The summed E-state index contributed by atoms with van der Waals surface area (Å²) in [5.41, 5.74) is 0.942. The highest BCUT2D eigenvalue weighted by atomic mass is 16.5. The number of fused-ring (bicyclic) bond motifs is 2. The number of aliphatic hydroxyl groups is 4.